The van der Waals surface area contributed by atoms with Crippen molar-refractivity contribution in [3.63, 3.8) is 0 Å². The van der Waals surface area contributed by atoms with E-state index >= 15 is 0 Å². The number of para-hydroxylation sites is 1. The fourth-order valence-corrected chi connectivity index (χ4v) is 1.70. The minimum Gasteiger partial charge on any atom is -0.337 e. The summed E-state index contributed by atoms with van der Waals surface area (Å²) in [6.07, 6.45) is 1.18. The molecule has 1 aromatic carbocycles. The van der Waals surface area contributed by atoms with E-state index in [4.69, 9.17) is 0 Å². The predicted molar refractivity (Wildman–Crippen MR) is 84.0 cm³/mol. The highest BCUT2D eigenvalue weighted by Crippen LogP contribution is 2.15. The second-order valence-electron chi connectivity index (χ2n) is 4.46. The first kappa shape index (κ1) is 17.2. The Morgan fingerprint density at radius 3 is 2.59 bits per heavy atom. The quantitative estimate of drug-likeness (QED) is 0.561. The van der Waals surface area contributed by atoms with Gasteiger partial charge in [0.15, 0.2) is 0 Å². The van der Waals surface area contributed by atoms with Crippen LogP contribution in [0.25, 0.3) is 0 Å². The van der Waals surface area contributed by atoms with Crippen molar-refractivity contribution in [3.8, 4) is 0 Å². The molecule has 0 bridgehead atoms. The second kappa shape index (κ2) is 8.46. The van der Waals surface area contributed by atoms with Crippen LogP contribution >= 0.6 is 0 Å². The lowest BCUT2D eigenvalue weighted by Crippen LogP contribution is -2.48. The molecule has 7 nitrogen and oxygen atoms in total. The minimum atomic E-state index is -0.399. The molecule has 0 unspecified atom stereocenters. The van der Waals surface area contributed by atoms with Crippen molar-refractivity contribution in [1.82, 2.24) is 15.8 Å². The van der Waals surface area contributed by atoms with E-state index in [2.05, 4.69) is 22.6 Å². The molecule has 0 radical (unpaired) electrons. The molecule has 1 aromatic rings. The molecule has 4 amide bonds. The summed E-state index contributed by atoms with van der Waals surface area (Å²) in [7, 11) is 1.45. The molecular weight excluding hydrogens is 284 g/mol. The standard InChI is InChI=1S/C15H20N4O3/c1-4-13(20)17-12-9-7-6-8-11(12)10-14(21)18-19(3)15(22)16-5-2/h4,6-9H,1,5,10H2,2-3H3,(H,16,22)(H,17,20)(H,18,21). The summed E-state index contributed by atoms with van der Waals surface area (Å²) in [6, 6.07) is 6.53. The number of rotatable bonds is 5. The third-order valence-electron chi connectivity index (χ3n) is 2.74. The van der Waals surface area contributed by atoms with Crippen LogP contribution in [0.2, 0.25) is 0 Å². The van der Waals surface area contributed by atoms with Gasteiger partial charge < -0.3 is 10.6 Å². The number of amides is 4. The van der Waals surface area contributed by atoms with E-state index in [0.717, 1.165) is 11.1 Å². The molecule has 0 fully saturated rings. The average Bonchev–Trinajstić information content (AvgIpc) is 2.49. The molecule has 0 saturated heterocycles. The molecule has 0 heterocycles. The SMILES string of the molecule is C=CC(=O)Nc1ccccc1CC(=O)NN(C)C(=O)NCC. The number of carbonyl (C=O) groups excluding carboxylic acids is 3. The van der Waals surface area contributed by atoms with Gasteiger partial charge in [0, 0.05) is 19.3 Å². The van der Waals surface area contributed by atoms with Gasteiger partial charge in [-0.25, -0.2) is 9.80 Å². The summed E-state index contributed by atoms with van der Waals surface area (Å²) in [5.41, 5.74) is 3.63. The zero-order valence-electron chi connectivity index (χ0n) is 12.7. The van der Waals surface area contributed by atoms with Gasteiger partial charge in [-0.05, 0) is 24.6 Å². The first-order valence-electron chi connectivity index (χ1n) is 6.80. The Hall–Kier alpha value is -2.83. The lowest BCUT2D eigenvalue weighted by Gasteiger charge is -2.18. The van der Waals surface area contributed by atoms with Gasteiger partial charge in [-0.1, -0.05) is 24.8 Å². The van der Waals surface area contributed by atoms with Gasteiger partial charge >= 0.3 is 6.03 Å². The van der Waals surface area contributed by atoms with Gasteiger partial charge in [-0.15, -0.1) is 0 Å². The molecule has 7 heteroatoms. The number of hydrazine groups is 1. The maximum atomic E-state index is 12.0. The molecule has 0 aliphatic heterocycles. The highest BCUT2D eigenvalue weighted by molar-refractivity contribution is 5.99. The monoisotopic (exact) mass is 304 g/mol. The number of carbonyl (C=O) groups is 3. The van der Waals surface area contributed by atoms with E-state index < -0.39 is 6.03 Å². The van der Waals surface area contributed by atoms with Gasteiger partial charge in [-0.3, -0.25) is 15.0 Å². The summed E-state index contributed by atoms with van der Waals surface area (Å²) in [4.78, 5) is 34.9. The number of hydrogen-bond donors (Lipinski definition) is 3. The molecule has 0 saturated carbocycles. The van der Waals surface area contributed by atoms with Crippen molar-refractivity contribution >= 4 is 23.5 Å². The summed E-state index contributed by atoms with van der Waals surface area (Å²) in [5.74, 6) is -0.721. The molecule has 0 spiro atoms. The van der Waals surface area contributed by atoms with Crippen LogP contribution in [-0.4, -0.2) is 36.4 Å². The molecule has 0 aliphatic carbocycles. The number of nitrogens with one attached hydrogen (secondary N) is 3. The maximum Gasteiger partial charge on any atom is 0.335 e. The zero-order chi connectivity index (χ0) is 16.5. The number of hydrogen-bond acceptors (Lipinski definition) is 3. The fourth-order valence-electron chi connectivity index (χ4n) is 1.70. The average molecular weight is 304 g/mol. The van der Waals surface area contributed by atoms with Crippen molar-refractivity contribution in [1.29, 1.82) is 0 Å². The van der Waals surface area contributed by atoms with E-state index in [1.165, 1.54) is 7.05 Å². The van der Waals surface area contributed by atoms with Crippen LogP contribution in [0.5, 0.6) is 0 Å². The van der Waals surface area contributed by atoms with Crippen LogP contribution in [0.3, 0.4) is 0 Å². The van der Waals surface area contributed by atoms with Crippen LogP contribution < -0.4 is 16.1 Å². The summed E-state index contributed by atoms with van der Waals surface area (Å²) >= 11 is 0. The Bertz CT molecular complexity index is 572. The van der Waals surface area contributed by atoms with Crippen molar-refractivity contribution in [2.75, 3.05) is 18.9 Å². The van der Waals surface area contributed by atoms with Crippen LogP contribution in [0.1, 0.15) is 12.5 Å². The molecular formula is C15H20N4O3. The molecule has 1 rings (SSSR count). The van der Waals surface area contributed by atoms with Gasteiger partial charge in [0.2, 0.25) is 11.8 Å². The Balaban J connectivity index is 2.70. The third kappa shape index (κ3) is 5.28. The van der Waals surface area contributed by atoms with Gasteiger partial charge in [0.1, 0.15) is 0 Å². The van der Waals surface area contributed by atoms with Crippen LogP contribution in [0.15, 0.2) is 36.9 Å². The third-order valence-corrected chi connectivity index (χ3v) is 2.74. The van der Waals surface area contributed by atoms with E-state index in [0.29, 0.717) is 17.8 Å². The summed E-state index contributed by atoms with van der Waals surface area (Å²) < 4.78 is 0. The van der Waals surface area contributed by atoms with Crippen LogP contribution in [0.4, 0.5) is 10.5 Å². The predicted octanol–water partition coefficient (Wildman–Crippen LogP) is 1.05. The number of urea groups is 1. The van der Waals surface area contributed by atoms with E-state index in [9.17, 15) is 14.4 Å². The topological polar surface area (TPSA) is 90.5 Å². The lowest BCUT2D eigenvalue weighted by molar-refractivity contribution is -0.123. The molecule has 0 aromatic heterocycles. The Morgan fingerprint density at radius 1 is 1.27 bits per heavy atom. The number of benzene rings is 1. The number of nitrogens with zero attached hydrogens (tertiary/aromatic N) is 1. The molecule has 118 valence electrons. The normalized spacial score (nSPS) is 9.55. The van der Waals surface area contributed by atoms with Crippen molar-refractivity contribution in [3.05, 3.63) is 42.5 Å². The molecule has 0 atom stereocenters. The van der Waals surface area contributed by atoms with Crippen molar-refractivity contribution in [2.24, 2.45) is 0 Å². The largest absolute Gasteiger partial charge is 0.337 e. The van der Waals surface area contributed by atoms with Gasteiger partial charge in [0.05, 0.1) is 6.42 Å². The lowest BCUT2D eigenvalue weighted by atomic mass is 10.1. The minimum absolute atomic E-state index is 0.0251. The second-order valence-corrected chi connectivity index (χ2v) is 4.46. The maximum absolute atomic E-state index is 12.0. The highest BCUT2D eigenvalue weighted by Gasteiger charge is 2.13. The Morgan fingerprint density at radius 2 is 1.95 bits per heavy atom. The van der Waals surface area contributed by atoms with E-state index in [-0.39, 0.29) is 18.2 Å². The van der Waals surface area contributed by atoms with Crippen molar-refractivity contribution in [2.45, 2.75) is 13.3 Å². The van der Waals surface area contributed by atoms with E-state index in [1.807, 2.05) is 0 Å². The van der Waals surface area contributed by atoms with Crippen molar-refractivity contribution < 1.29 is 14.4 Å². The summed E-state index contributed by atoms with van der Waals surface area (Å²) in [6.45, 7) is 5.63. The zero-order valence-corrected chi connectivity index (χ0v) is 12.7. The van der Waals surface area contributed by atoms with E-state index in [1.54, 1.807) is 31.2 Å². The number of anilines is 1. The smallest absolute Gasteiger partial charge is 0.335 e. The van der Waals surface area contributed by atoms with Gasteiger partial charge in [-0.2, -0.15) is 0 Å². The fraction of sp³-hybridized carbons (Fsp3) is 0.267. The Kier molecular flexibility index (Phi) is 6.62. The molecule has 22 heavy (non-hydrogen) atoms. The molecule has 3 N–H and O–H groups in total. The first-order chi connectivity index (χ1) is 10.5. The Labute approximate surface area is 129 Å². The molecule has 0 aliphatic rings. The summed E-state index contributed by atoms with van der Waals surface area (Å²) in [5, 5.41) is 6.28. The van der Waals surface area contributed by atoms with Gasteiger partial charge in [0.25, 0.3) is 0 Å². The highest BCUT2D eigenvalue weighted by atomic mass is 16.2. The first-order valence-corrected chi connectivity index (χ1v) is 6.80. The van der Waals surface area contributed by atoms with Crippen LogP contribution in [-0.2, 0) is 16.0 Å². The van der Waals surface area contributed by atoms with Crippen LogP contribution in [0, 0.1) is 0 Å².